The lowest BCUT2D eigenvalue weighted by Crippen LogP contribution is -2.07. The Balaban J connectivity index is 2.30. The predicted molar refractivity (Wildman–Crippen MR) is 85.5 cm³/mol. The molecule has 0 spiro atoms. The predicted octanol–water partition coefficient (Wildman–Crippen LogP) is 3.44. The molecule has 2 heterocycles. The van der Waals surface area contributed by atoms with E-state index in [2.05, 4.69) is 10.1 Å². The molecule has 4 heteroatoms. The molecule has 0 fully saturated rings. The zero-order valence-electron chi connectivity index (χ0n) is 11.7. The van der Waals surface area contributed by atoms with Crippen molar-refractivity contribution < 1.29 is 5.21 Å². The first-order chi connectivity index (χ1) is 10.9. The number of hydrogen-bond acceptors (Lipinski definition) is 3. The quantitative estimate of drug-likeness (QED) is 0.430. The molecule has 106 valence electrons. The highest BCUT2D eigenvalue weighted by Gasteiger charge is 2.08. The van der Waals surface area contributed by atoms with Crippen LogP contribution >= 0.6 is 0 Å². The summed E-state index contributed by atoms with van der Waals surface area (Å²) in [6.45, 7) is 0. The molecular formula is C18H13N3O. The highest BCUT2D eigenvalue weighted by molar-refractivity contribution is 5.93. The van der Waals surface area contributed by atoms with Gasteiger partial charge in [0.2, 0.25) is 5.49 Å². The molecule has 0 aliphatic carbocycles. The van der Waals surface area contributed by atoms with Gasteiger partial charge < -0.3 is 9.61 Å². The van der Waals surface area contributed by atoms with Gasteiger partial charge in [0.25, 0.3) is 0 Å². The molecule has 0 aliphatic heterocycles. The number of fused-ring (bicyclic) bond motifs is 3. The van der Waals surface area contributed by atoms with Crippen LogP contribution in [0.1, 0.15) is 0 Å². The van der Waals surface area contributed by atoms with E-state index in [1.165, 1.54) is 0 Å². The number of rotatable bonds is 1. The van der Waals surface area contributed by atoms with Crippen molar-refractivity contribution in [2.24, 2.45) is 5.16 Å². The first kappa shape index (κ1) is 12.6. The van der Waals surface area contributed by atoms with Crippen LogP contribution in [0.3, 0.4) is 0 Å². The van der Waals surface area contributed by atoms with E-state index < -0.39 is 0 Å². The fourth-order valence-corrected chi connectivity index (χ4v) is 2.77. The van der Waals surface area contributed by atoms with Gasteiger partial charge in [0.1, 0.15) is 0 Å². The van der Waals surface area contributed by atoms with Crippen LogP contribution in [0.25, 0.3) is 27.7 Å². The molecule has 4 rings (SSSR count). The Bertz CT molecular complexity index is 1040. The Morgan fingerprint density at radius 3 is 2.36 bits per heavy atom. The third kappa shape index (κ3) is 1.85. The van der Waals surface area contributed by atoms with Gasteiger partial charge in [-0.3, -0.25) is 0 Å². The van der Waals surface area contributed by atoms with E-state index in [1.807, 2.05) is 77.3 Å². The van der Waals surface area contributed by atoms with Gasteiger partial charge in [-0.05, 0) is 18.2 Å². The molecule has 0 amide bonds. The van der Waals surface area contributed by atoms with Gasteiger partial charge in [-0.1, -0.05) is 53.7 Å². The average Bonchev–Trinajstić information content (AvgIpc) is 3.02. The summed E-state index contributed by atoms with van der Waals surface area (Å²) in [6, 6.07) is 21.8. The highest BCUT2D eigenvalue weighted by atomic mass is 16.4. The molecule has 2 aromatic heterocycles. The fourth-order valence-electron chi connectivity index (χ4n) is 2.77. The lowest BCUT2D eigenvalue weighted by atomic mass is 10.1. The van der Waals surface area contributed by atoms with Crippen LogP contribution in [0.4, 0.5) is 0 Å². The number of benzene rings is 2. The summed E-state index contributed by atoms with van der Waals surface area (Å²) in [4.78, 5) is 4.62. The molecule has 4 aromatic rings. The standard InChI is InChI=1S/C18H13N3O/c22-20-18-16-11-6-12-21(16)15-10-5-4-9-14(15)17(19-18)13-7-2-1-3-8-13/h1-12,22H. The summed E-state index contributed by atoms with van der Waals surface area (Å²) < 4.78 is 1.99. The fraction of sp³-hybridized carbons (Fsp3) is 0. The summed E-state index contributed by atoms with van der Waals surface area (Å²) in [6.07, 6.45) is 1.95. The number of aromatic nitrogens is 2. The monoisotopic (exact) mass is 287 g/mol. The molecule has 0 saturated carbocycles. The third-order valence-electron chi connectivity index (χ3n) is 3.76. The van der Waals surface area contributed by atoms with Gasteiger partial charge in [0, 0.05) is 17.1 Å². The zero-order valence-corrected chi connectivity index (χ0v) is 11.7. The van der Waals surface area contributed by atoms with E-state index in [0.29, 0.717) is 5.49 Å². The van der Waals surface area contributed by atoms with Crippen LogP contribution in [-0.2, 0) is 0 Å². The minimum absolute atomic E-state index is 0.306. The normalized spacial score (nSPS) is 12.1. The maximum atomic E-state index is 9.39. The van der Waals surface area contributed by atoms with E-state index >= 15 is 0 Å². The Kier molecular flexibility index (Phi) is 2.86. The van der Waals surface area contributed by atoms with E-state index in [0.717, 1.165) is 27.7 Å². The smallest absolute Gasteiger partial charge is 0.216 e. The summed E-state index contributed by atoms with van der Waals surface area (Å²) in [7, 11) is 0. The first-order valence-electron chi connectivity index (χ1n) is 7.02. The highest BCUT2D eigenvalue weighted by Crippen LogP contribution is 2.25. The maximum Gasteiger partial charge on any atom is 0.216 e. The van der Waals surface area contributed by atoms with Crippen LogP contribution < -0.4 is 5.49 Å². The van der Waals surface area contributed by atoms with Crippen LogP contribution in [-0.4, -0.2) is 14.6 Å². The largest absolute Gasteiger partial charge is 0.409 e. The molecule has 0 radical (unpaired) electrons. The van der Waals surface area contributed by atoms with Gasteiger partial charge >= 0.3 is 0 Å². The third-order valence-corrected chi connectivity index (χ3v) is 3.76. The molecule has 0 saturated heterocycles. The van der Waals surface area contributed by atoms with Gasteiger partial charge in [0.05, 0.1) is 16.7 Å². The summed E-state index contributed by atoms with van der Waals surface area (Å²) in [5, 5.41) is 13.8. The second-order valence-corrected chi connectivity index (χ2v) is 5.03. The Labute approximate surface area is 126 Å². The van der Waals surface area contributed by atoms with Gasteiger partial charge in [-0.25, -0.2) is 4.98 Å². The SMILES string of the molecule is ON=c1nc(-c2ccccc2)c2ccccc2n2cccc12. The minimum Gasteiger partial charge on any atom is -0.409 e. The summed E-state index contributed by atoms with van der Waals surface area (Å²) >= 11 is 0. The number of nitrogens with zero attached hydrogens (tertiary/aromatic N) is 3. The molecule has 2 aromatic carbocycles. The molecule has 0 atom stereocenters. The van der Waals surface area contributed by atoms with Crippen LogP contribution in [0, 0.1) is 0 Å². The van der Waals surface area contributed by atoms with E-state index in [1.54, 1.807) is 0 Å². The molecule has 0 aliphatic rings. The molecule has 1 N–H and O–H groups in total. The Morgan fingerprint density at radius 1 is 0.818 bits per heavy atom. The molecule has 0 unspecified atom stereocenters. The van der Waals surface area contributed by atoms with Crippen LogP contribution in [0.2, 0.25) is 0 Å². The maximum absolute atomic E-state index is 9.39. The molecule has 4 nitrogen and oxygen atoms in total. The minimum atomic E-state index is 0.306. The second kappa shape index (κ2) is 5.00. The Morgan fingerprint density at radius 2 is 1.55 bits per heavy atom. The van der Waals surface area contributed by atoms with Crippen molar-refractivity contribution >= 4 is 16.4 Å². The van der Waals surface area contributed by atoms with E-state index in [-0.39, 0.29) is 0 Å². The molecular weight excluding hydrogens is 274 g/mol. The van der Waals surface area contributed by atoms with Crippen molar-refractivity contribution in [3.05, 3.63) is 78.4 Å². The van der Waals surface area contributed by atoms with E-state index in [4.69, 9.17) is 0 Å². The lowest BCUT2D eigenvalue weighted by molar-refractivity contribution is 0.299. The van der Waals surface area contributed by atoms with Crippen molar-refractivity contribution in [2.75, 3.05) is 0 Å². The molecule has 22 heavy (non-hydrogen) atoms. The van der Waals surface area contributed by atoms with Gasteiger partial charge in [-0.15, -0.1) is 0 Å². The van der Waals surface area contributed by atoms with Gasteiger partial charge in [0.15, 0.2) is 0 Å². The van der Waals surface area contributed by atoms with Crippen molar-refractivity contribution in [3.63, 3.8) is 0 Å². The topological polar surface area (TPSA) is 49.9 Å². The summed E-state index contributed by atoms with van der Waals surface area (Å²) in [5.41, 5.74) is 3.87. The number of hydrogen-bond donors (Lipinski definition) is 1. The van der Waals surface area contributed by atoms with Crippen molar-refractivity contribution in [1.82, 2.24) is 9.38 Å². The van der Waals surface area contributed by atoms with Gasteiger partial charge in [-0.2, -0.15) is 0 Å². The van der Waals surface area contributed by atoms with Crippen LogP contribution in [0.5, 0.6) is 0 Å². The number of para-hydroxylation sites is 1. The van der Waals surface area contributed by atoms with Crippen molar-refractivity contribution in [2.45, 2.75) is 0 Å². The average molecular weight is 287 g/mol. The first-order valence-corrected chi connectivity index (χ1v) is 7.02. The van der Waals surface area contributed by atoms with Crippen molar-refractivity contribution in [3.8, 4) is 11.3 Å². The zero-order chi connectivity index (χ0) is 14.9. The lowest BCUT2D eigenvalue weighted by Gasteiger charge is -2.02. The summed E-state index contributed by atoms with van der Waals surface area (Å²) in [5.74, 6) is 0. The van der Waals surface area contributed by atoms with E-state index in [9.17, 15) is 5.21 Å². The Hall–Kier alpha value is -3.14. The molecule has 0 bridgehead atoms. The van der Waals surface area contributed by atoms with Crippen LogP contribution in [0.15, 0.2) is 78.1 Å². The van der Waals surface area contributed by atoms with Crippen molar-refractivity contribution in [1.29, 1.82) is 0 Å². The second-order valence-electron chi connectivity index (χ2n) is 5.03.